The van der Waals surface area contributed by atoms with Gasteiger partial charge in [0, 0.05) is 38.4 Å². The average molecular weight is 293 g/mol. The van der Waals surface area contributed by atoms with Crippen molar-refractivity contribution in [3.63, 3.8) is 0 Å². The fourth-order valence-corrected chi connectivity index (χ4v) is 2.11. The Balaban J connectivity index is 2.67. The maximum Gasteiger partial charge on any atom is 0.123 e. The summed E-state index contributed by atoms with van der Waals surface area (Å²) < 4.78 is 10.9. The quantitative estimate of drug-likeness (QED) is 0.371. The van der Waals surface area contributed by atoms with Gasteiger partial charge < -0.3 is 15.2 Å². The molecule has 0 spiro atoms. The van der Waals surface area contributed by atoms with E-state index in [9.17, 15) is 0 Å². The molecule has 0 radical (unpaired) electrons. The predicted octanol–water partition coefficient (Wildman–Crippen LogP) is 1.85. The van der Waals surface area contributed by atoms with E-state index in [1.807, 2.05) is 38.1 Å². The lowest BCUT2D eigenvalue weighted by Crippen LogP contribution is -2.31. The van der Waals surface area contributed by atoms with Crippen LogP contribution in [0, 0.1) is 5.41 Å². The molecule has 0 amide bonds. The van der Waals surface area contributed by atoms with Crippen LogP contribution in [0.4, 0.5) is 0 Å². The number of hydrogen-bond donors (Lipinski definition) is 2. The highest BCUT2D eigenvalue weighted by Gasteiger charge is 2.10. The average Bonchev–Trinajstić information content (AvgIpc) is 2.48. The van der Waals surface area contributed by atoms with Crippen molar-refractivity contribution in [2.45, 2.75) is 20.4 Å². The molecule has 0 aromatic heterocycles. The molecule has 0 aliphatic rings. The van der Waals surface area contributed by atoms with Crippen LogP contribution in [0.5, 0.6) is 0 Å². The van der Waals surface area contributed by atoms with Crippen LogP contribution >= 0.6 is 0 Å². The number of nitrogens with two attached hydrogens (primary N) is 1. The molecular formula is C16H27N3O2. The summed E-state index contributed by atoms with van der Waals surface area (Å²) >= 11 is 0. The zero-order chi connectivity index (χ0) is 15.5. The van der Waals surface area contributed by atoms with Crippen molar-refractivity contribution in [1.29, 1.82) is 5.41 Å². The number of rotatable bonds is 11. The normalized spacial score (nSPS) is 11.0. The molecule has 0 bridgehead atoms. The van der Waals surface area contributed by atoms with Gasteiger partial charge in [-0.2, -0.15) is 0 Å². The van der Waals surface area contributed by atoms with E-state index in [2.05, 4.69) is 4.90 Å². The monoisotopic (exact) mass is 293 g/mol. The highest BCUT2D eigenvalue weighted by molar-refractivity contribution is 5.96. The summed E-state index contributed by atoms with van der Waals surface area (Å²) in [7, 11) is 0. The SMILES string of the molecule is CCOCCN(CCOCC)Cc1ccccc1C(=N)N. The van der Waals surface area contributed by atoms with Crippen molar-refractivity contribution in [2.75, 3.05) is 39.5 Å². The number of nitrogens with one attached hydrogen (secondary N) is 1. The Morgan fingerprint density at radius 3 is 2.19 bits per heavy atom. The third-order valence-corrected chi connectivity index (χ3v) is 3.21. The first-order chi connectivity index (χ1) is 10.2. The number of nitrogens with zero attached hydrogens (tertiary/aromatic N) is 1. The van der Waals surface area contributed by atoms with Gasteiger partial charge in [-0.1, -0.05) is 24.3 Å². The van der Waals surface area contributed by atoms with Gasteiger partial charge in [0.05, 0.1) is 13.2 Å². The zero-order valence-corrected chi connectivity index (χ0v) is 13.1. The Labute approximate surface area is 127 Å². The third kappa shape index (κ3) is 6.71. The molecule has 1 aromatic rings. The van der Waals surface area contributed by atoms with Crippen LogP contribution < -0.4 is 5.73 Å². The Morgan fingerprint density at radius 2 is 1.67 bits per heavy atom. The second-order valence-electron chi connectivity index (χ2n) is 4.74. The maximum absolute atomic E-state index is 7.67. The van der Waals surface area contributed by atoms with Gasteiger partial charge in [0.25, 0.3) is 0 Å². The van der Waals surface area contributed by atoms with E-state index in [1.54, 1.807) is 0 Å². The number of nitrogen functional groups attached to an aromatic ring is 1. The lowest BCUT2D eigenvalue weighted by atomic mass is 10.1. The molecule has 5 heteroatoms. The zero-order valence-electron chi connectivity index (χ0n) is 13.1. The van der Waals surface area contributed by atoms with E-state index in [0.717, 1.165) is 44.0 Å². The molecule has 21 heavy (non-hydrogen) atoms. The van der Waals surface area contributed by atoms with E-state index >= 15 is 0 Å². The number of ether oxygens (including phenoxy) is 2. The summed E-state index contributed by atoms with van der Waals surface area (Å²) in [6.45, 7) is 9.27. The standard InChI is InChI=1S/C16H27N3O2/c1-3-20-11-9-19(10-12-21-4-2)13-14-7-5-6-8-15(14)16(17)18/h5-8H,3-4,9-13H2,1-2H3,(H3,17,18). The lowest BCUT2D eigenvalue weighted by Gasteiger charge is -2.23. The first-order valence-electron chi connectivity index (χ1n) is 7.49. The number of amidine groups is 1. The molecule has 0 heterocycles. The summed E-state index contributed by atoms with van der Waals surface area (Å²) in [5.41, 5.74) is 7.52. The van der Waals surface area contributed by atoms with Gasteiger partial charge >= 0.3 is 0 Å². The smallest absolute Gasteiger partial charge is 0.123 e. The van der Waals surface area contributed by atoms with Crippen molar-refractivity contribution < 1.29 is 9.47 Å². The topological polar surface area (TPSA) is 71.6 Å². The summed E-state index contributed by atoms with van der Waals surface area (Å²) in [6, 6.07) is 7.79. The Hall–Kier alpha value is -1.43. The first-order valence-corrected chi connectivity index (χ1v) is 7.49. The highest BCUT2D eigenvalue weighted by Crippen LogP contribution is 2.11. The van der Waals surface area contributed by atoms with E-state index in [4.69, 9.17) is 20.6 Å². The Bertz CT molecular complexity index is 414. The molecule has 0 atom stereocenters. The highest BCUT2D eigenvalue weighted by atomic mass is 16.5. The number of benzene rings is 1. The van der Waals surface area contributed by atoms with Crippen LogP contribution in [0.15, 0.2) is 24.3 Å². The summed E-state index contributed by atoms with van der Waals surface area (Å²) in [6.07, 6.45) is 0. The molecule has 0 fully saturated rings. The van der Waals surface area contributed by atoms with Crippen LogP contribution in [0.3, 0.4) is 0 Å². The molecule has 1 rings (SSSR count). The Morgan fingerprint density at radius 1 is 1.10 bits per heavy atom. The van der Waals surface area contributed by atoms with Gasteiger partial charge in [-0.05, 0) is 19.4 Å². The van der Waals surface area contributed by atoms with Crippen LogP contribution in [0.2, 0.25) is 0 Å². The van der Waals surface area contributed by atoms with Gasteiger partial charge in [-0.3, -0.25) is 10.3 Å². The molecule has 3 N–H and O–H groups in total. The van der Waals surface area contributed by atoms with Crippen molar-refractivity contribution in [3.05, 3.63) is 35.4 Å². The fraction of sp³-hybridized carbons (Fsp3) is 0.562. The fourth-order valence-electron chi connectivity index (χ4n) is 2.11. The molecule has 1 aromatic carbocycles. The molecule has 0 aliphatic heterocycles. The lowest BCUT2D eigenvalue weighted by molar-refractivity contribution is 0.0797. The minimum absolute atomic E-state index is 0.111. The van der Waals surface area contributed by atoms with Crippen LogP contribution in [-0.2, 0) is 16.0 Å². The number of hydrogen-bond acceptors (Lipinski definition) is 4. The molecule has 0 aliphatic carbocycles. The molecule has 0 unspecified atom stereocenters. The minimum Gasteiger partial charge on any atom is -0.384 e. The summed E-state index contributed by atoms with van der Waals surface area (Å²) in [4.78, 5) is 2.27. The molecule has 0 saturated heterocycles. The predicted molar refractivity (Wildman–Crippen MR) is 85.7 cm³/mol. The van der Waals surface area contributed by atoms with Gasteiger partial charge in [0.2, 0.25) is 0 Å². The summed E-state index contributed by atoms with van der Waals surface area (Å²) in [5.74, 6) is 0.111. The molecule has 0 saturated carbocycles. The Kier molecular flexibility index (Phi) is 8.66. The van der Waals surface area contributed by atoms with E-state index < -0.39 is 0 Å². The van der Waals surface area contributed by atoms with Crippen molar-refractivity contribution in [1.82, 2.24) is 4.90 Å². The first kappa shape index (κ1) is 17.6. The van der Waals surface area contributed by atoms with Gasteiger partial charge in [0.1, 0.15) is 5.84 Å². The third-order valence-electron chi connectivity index (χ3n) is 3.21. The van der Waals surface area contributed by atoms with E-state index in [1.165, 1.54) is 0 Å². The van der Waals surface area contributed by atoms with E-state index in [0.29, 0.717) is 13.2 Å². The second kappa shape index (κ2) is 10.3. The van der Waals surface area contributed by atoms with Crippen molar-refractivity contribution in [2.24, 2.45) is 5.73 Å². The van der Waals surface area contributed by atoms with Crippen LogP contribution in [-0.4, -0.2) is 50.3 Å². The summed E-state index contributed by atoms with van der Waals surface area (Å²) in [5, 5.41) is 7.67. The second-order valence-corrected chi connectivity index (χ2v) is 4.74. The molecular weight excluding hydrogens is 266 g/mol. The van der Waals surface area contributed by atoms with Gasteiger partial charge in [0.15, 0.2) is 0 Å². The largest absolute Gasteiger partial charge is 0.384 e. The molecule has 5 nitrogen and oxygen atoms in total. The minimum atomic E-state index is 0.111. The van der Waals surface area contributed by atoms with Crippen molar-refractivity contribution in [3.8, 4) is 0 Å². The van der Waals surface area contributed by atoms with E-state index in [-0.39, 0.29) is 5.84 Å². The van der Waals surface area contributed by atoms with Crippen LogP contribution in [0.25, 0.3) is 0 Å². The maximum atomic E-state index is 7.67. The van der Waals surface area contributed by atoms with Gasteiger partial charge in [-0.15, -0.1) is 0 Å². The van der Waals surface area contributed by atoms with Crippen LogP contribution in [0.1, 0.15) is 25.0 Å². The molecule has 118 valence electrons. The van der Waals surface area contributed by atoms with Gasteiger partial charge in [-0.25, -0.2) is 0 Å². The van der Waals surface area contributed by atoms with Crippen molar-refractivity contribution >= 4 is 5.84 Å².